The minimum atomic E-state index is 0. The number of aliphatic imine (C=N–C) groups is 1. The largest absolute Gasteiger partial charge is 0.496 e. The van der Waals surface area contributed by atoms with Gasteiger partial charge < -0.3 is 29.6 Å². The van der Waals surface area contributed by atoms with Gasteiger partial charge in [-0.05, 0) is 30.7 Å². The average Bonchev–Trinajstić information content (AvgIpc) is 3.16. The number of ether oxygens (including phenoxy) is 4. The predicted molar refractivity (Wildman–Crippen MR) is 119 cm³/mol. The Morgan fingerprint density at radius 2 is 1.93 bits per heavy atom. The van der Waals surface area contributed by atoms with Crippen molar-refractivity contribution < 1.29 is 18.9 Å². The summed E-state index contributed by atoms with van der Waals surface area (Å²) in [4.78, 5) is 4.23. The summed E-state index contributed by atoms with van der Waals surface area (Å²) in [6.07, 6.45) is 0. The number of halogens is 1. The van der Waals surface area contributed by atoms with Crippen molar-refractivity contribution in [3.63, 3.8) is 0 Å². The molecular weight excluding hydrogens is 473 g/mol. The van der Waals surface area contributed by atoms with Crippen LogP contribution in [0.4, 0.5) is 0 Å². The lowest BCUT2D eigenvalue weighted by molar-refractivity contribution is 0.173. The van der Waals surface area contributed by atoms with Crippen LogP contribution in [0.15, 0.2) is 41.4 Å². The summed E-state index contributed by atoms with van der Waals surface area (Å²) in [5.74, 6) is 3.77. The molecule has 0 radical (unpaired) electrons. The maximum Gasteiger partial charge on any atom is 0.231 e. The summed E-state index contributed by atoms with van der Waals surface area (Å²) in [5.41, 5.74) is 2.24. The second-order valence-corrected chi connectivity index (χ2v) is 6.03. The SMILES string of the molecule is CN=C(NCCOc1ccc2c(c1)OCO2)NCc1ccc(C)cc1OC.I. The van der Waals surface area contributed by atoms with Gasteiger partial charge in [-0.3, -0.25) is 4.99 Å². The molecule has 2 aromatic carbocycles. The Bertz CT molecular complexity index is 814. The summed E-state index contributed by atoms with van der Waals surface area (Å²) >= 11 is 0. The lowest BCUT2D eigenvalue weighted by atomic mass is 10.1. The van der Waals surface area contributed by atoms with Crippen molar-refractivity contribution in [3.05, 3.63) is 47.5 Å². The Balaban J connectivity index is 0.00000280. The van der Waals surface area contributed by atoms with Gasteiger partial charge in [-0.25, -0.2) is 0 Å². The van der Waals surface area contributed by atoms with Crippen LogP contribution in [0.2, 0.25) is 0 Å². The van der Waals surface area contributed by atoms with Crippen LogP contribution in [0.5, 0.6) is 23.0 Å². The zero-order valence-electron chi connectivity index (χ0n) is 16.3. The van der Waals surface area contributed by atoms with Gasteiger partial charge in [-0.2, -0.15) is 0 Å². The monoisotopic (exact) mass is 499 g/mol. The van der Waals surface area contributed by atoms with Crippen LogP contribution in [0.1, 0.15) is 11.1 Å². The van der Waals surface area contributed by atoms with E-state index in [0.717, 1.165) is 22.8 Å². The van der Waals surface area contributed by atoms with Crippen LogP contribution < -0.4 is 29.6 Å². The number of guanidine groups is 1. The number of aryl methyl sites for hydroxylation is 1. The third-order valence-electron chi connectivity index (χ3n) is 4.12. The Labute approximate surface area is 182 Å². The Morgan fingerprint density at radius 3 is 2.71 bits per heavy atom. The van der Waals surface area contributed by atoms with Crippen molar-refractivity contribution in [2.45, 2.75) is 13.5 Å². The van der Waals surface area contributed by atoms with Crippen LogP contribution >= 0.6 is 24.0 Å². The van der Waals surface area contributed by atoms with Crippen LogP contribution in [-0.4, -0.2) is 40.1 Å². The van der Waals surface area contributed by atoms with E-state index in [1.165, 1.54) is 5.56 Å². The van der Waals surface area contributed by atoms with Crippen LogP contribution in [0, 0.1) is 6.92 Å². The van der Waals surface area contributed by atoms with E-state index in [1.807, 2.05) is 31.2 Å². The zero-order valence-corrected chi connectivity index (χ0v) is 18.6. The molecule has 2 aromatic rings. The second-order valence-electron chi connectivity index (χ2n) is 6.03. The van der Waals surface area contributed by atoms with Gasteiger partial charge in [0.05, 0.1) is 13.7 Å². The molecule has 0 amide bonds. The molecule has 28 heavy (non-hydrogen) atoms. The first-order valence-electron chi connectivity index (χ1n) is 8.80. The standard InChI is InChI=1S/C20H25N3O4.HI/c1-14-4-5-15(18(10-14)24-3)12-23-20(21-2)22-8-9-25-16-6-7-17-19(11-16)27-13-26-17;/h4-7,10-11H,8-9,12-13H2,1-3H3,(H2,21,22,23);1H. The lowest BCUT2D eigenvalue weighted by Crippen LogP contribution is -2.38. The van der Waals surface area contributed by atoms with E-state index in [4.69, 9.17) is 18.9 Å². The fourth-order valence-corrected chi connectivity index (χ4v) is 2.70. The molecule has 0 atom stereocenters. The molecule has 152 valence electrons. The number of hydrogen-bond donors (Lipinski definition) is 2. The Morgan fingerprint density at radius 1 is 1.11 bits per heavy atom. The van der Waals surface area contributed by atoms with E-state index in [1.54, 1.807) is 14.2 Å². The van der Waals surface area contributed by atoms with Gasteiger partial charge in [-0.1, -0.05) is 12.1 Å². The second kappa shape index (κ2) is 10.8. The predicted octanol–water partition coefficient (Wildman–Crippen LogP) is 3.09. The first-order chi connectivity index (χ1) is 13.2. The van der Waals surface area contributed by atoms with E-state index >= 15 is 0 Å². The van der Waals surface area contributed by atoms with Gasteiger partial charge in [0.15, 0.2) is 17.5 Å². The van der Waals surface area contributed by atoms with Gasteiger partial charge in [0.25, 0.3) is 0 Å². The molecule has 1 aliphatic rings. The third kappa shape index (κ3) is 5.82. The van der Waals surface area contributed by atoms with Crippen LogP contribution in [0.25, 0.3) is 0 Å². The molecule has 1 aliphatic heterocycles. The number of nitrogens with one attached hydrogen (secondary N) is 2. The minimum absolute atomic E-state index is 0. The molecule has 1 heterocycles. The number of rotatable bonds is 7. The first kappa shape index (κ1) is 21.9. The highest BCUT2D eigenvalue weighted by Crippen LogP contribution is 2.34. The van der Waals surface area contributed by atoms with E-state index in [0.29, 0.717) is 31.4 Å². The highest BCUT2D eigenvalue weighted by atomic mass is 127. The fraction of sp³-hybridized carbons (Fsp3) is 0.350. The van der Waals surface area contributed by atoms with Gasteiger partial charge in [0.2, 0.25) is 6.79 Å². The number of methoxy groups -OCH3 is 1. The van der Waals surface area contributed by atoms with E-state index in [-0.39, 0.29) is 30.8 Å². The molecule has 3 rings (SSSR count). The quantitative estimate of drug-likeness (QED) is 0.264. The molecule has 8 heteroatoms. The molecule has 0 aromatic heterocycles. The maximum absolute atomic E-state index is 5.74. The summed E-state index contributed by atoms with van der Waals surface area (Å²) in [5, 5.41) is 6.51. The molecule has 0 saturated carbocycles. The molecule has 2 N–H and O–H groups in total. The molecule has 0 spiro atoms. The van der Waals surface area contributed by atoms with Gasteiger partial charge in [0, 0.05) is 25.2 Å². The number of benzene rings is 2. The maximum atomic E-state index is 5.74. The molecular formula is C20H26IN3O4. The van der Waals surface area contributed by atoms with Crippen molar-refractivity contribution >= 4 is 29.9 Å². The molecule has 0 aliphatic carbocycles. The zero-order chi connectivity index (χ0) is 19.1. The Hall–Kier alpha value is -2.36. The number of nitrogens with zero attached hydrogens (tertiary/aromatic N) is 1. The van der Waals surface area contributed by atoms with Crippen molar-refractivity contribution in [3.8, 4) is 23.0 Å². The number of hydrogen-bond acceptors (Lipinski definition) is 5. The number of fused-ring (bicyclic) bond motifs is 1. The van der Waals surface area contributed by atoms with Crippen molar-refractivity contribution in [1.82, 2.24) is 10.6 Å². The molecule has 0 unspecified atom stereocenters. The highest BCUT2D eigenvalue weighted by molar-refractivity contribution is 14.0. The topological polar surface area (TPSA) is 73.3 Å². The van der Waals surface area contributed by atoms with E-state index in [9.17, 15) is 0 Å². The highest BCUT2D eigenvalue weighted by Gasteiger charge is 2.13. The normalized spacial score (nSPS) is 12.2. The van der Waals surface area contributed by atoms with Gasteiger partial charge in [0.1, 0.15) is 18.1 Å². The van der Waals surface area contributed by atoms with E-state index < -0.39 is 0 Å². The molecule has 0 saturated heterocycles. The van der Waals surface area contributed by atoms with Crippen molar-refractivity contribution in [1.29, 1.82) is 0 Å². The fourth-order valence-electron chi connectivity index (χ4n) is 2.70. The summed E-state index contributed by atoms with van der Waals surface area (Å²) in [6, 6.07) is 11.7. The van der Waals surface area contributed by atoms with Crippen LogP contribution in [0.3, 0.4) is 0 Å². The molecule has 7 nitrogen and oxygen atoms in total. The Kier molecular flexibility index (Phi) is 8.49. The van der Waals surface area contributed by atoms with Gasteiger partial charge >= 0.3 is 0 Å². The minimum Gasteiger partial charge on any atom is -0.496 e. The smallest absolute Gasteiger partial charge is 0.231 e. The first-order valence-corrected chi connectivity index (χ1v) is 8.80. The van der Waals surface area contributed by atoms with Crippen molar-refractivity contribution in [2.24, 2.45) is 4.99 Å². The van der Waals surface area contributed by atoms with Crippen molar-refractivity contribution in [2.75, 3.05) is 34.1 Å². The summed E-state index contributed by atoms with van der Waals surface area (Å²) in [7, 11) is 3.42. The van der Waals surface area contributed by atoms with E-state index in [2.05, 4.69) is 27.8 Å². The summed E-state index contributed by atoms with van der Waals surface area (Å²) < 4.78 is 21.8. The third-order valence-corrected chi connectivity index (χ3v) is 4.12. The van der Waals surface area contributed by atoms with Crippen LogP contribution in [-0.2, 0) is 6.54 Å². The molecule has 0 bridgehead atoms. The summed E-state index contributed by atoms with van der Waals surface area (Å²) in [6.45, 7) is 4.02. The average molecular weight is 499 g/mol. The lowest BCUT2D eigenvalue weighted by Gasteiger charge is -2.14. The molecule has 0 fully saturated rings. The van der Waals surface area contributed by atoms with Gasteiger partial charge in [-0.15, -0.1) is 24.0 Å².